The summed E-state index contributed by atoms with van der Waals surface area (Å²) in [4.78, 5) is 30.7. The van der Waals surface area contributed by atoms with Gasteiger partial charge in [-0.05, 0) is 52.3 Å². The van der Waals surface area contributed by atoms with Gasteiger partial charge in [-0.25, -0.2) is 15.0 Å². The van der Waals surface area contributed by atoms with Gasteiger partial charge in [0, 0.05) is 29.5 Å². The van der Waals surface area contributed by atoms with Crippen LogP contribution < -0.4 is 10.3 Å². The van der Waals surface area contributed by atoms with Gasteiger partial charge in [-0.2, -0.15) is 0 Å². The van der Waals surface area contributed by atoms with Crippen molar-refractivity contribution in [2.45, 2.75) is 46.8 Å². The molecule has 4 heterocycles. The van der Waals surface area contributed by atoms with Gasteiger partial charge in [0.05, 0.1) is 27.8 Å². The molecule has 0 amide bonds. The average molecular weight is 498 g/mol. The van der Waals surface area contributed by atoms with Crippen molar-refractivity contribution in [3.8, 4) is 22.8 Å². The summed E-state index contributed by atoms with van der Waals surface area (Å²) in [5.41, 5.74) is 2.32. The Balaban J connectivity index is 1.73. The molecule has 0 atom stereocenters. The minimum atomic E-state index is -1.20. The van der Waals surface area contributed by atoms with E-state index in [-0.39, 0.29) is 17.5 Å². The molecule has 4 aromatic heterocycles. The number of rotatable bonds is 6. The lowest BCUT2D eigenvalue weighted by Gasteiger charge is -2.17. The third-order valence-corrected chi connectivity index (χ3v) is 6.29. The number of ether oxygens (including phenoxy) is 1. The van der Waals surface area contributed by atoms with Crippen molar-refractivity contribution in [1.29, 1.82) is 0 Å². The Labute approximate surface area is 205 Å². The van der Waals surface area contributed by atoms with Gasteiger partial charge in [0.1, 0.15) is 23.0 Å². The molecule has 0 aliphatic carbocycles. The van der Waals surface area contributed by atoms with E-state index in [1.807, 2.05) is 26.2 Å². The molecule has 0 fully saturated rings. The summed E-state index contributed by atoms with van der Waals surface area (Å²) in [6.45, 7) is 9.05. The van der Waals surface area contributed by atoms with Crippen molar-refractivity contribution < 1.29 is 9.84 Å². The first-order chi connectivity index (χ1) is 16.0. The Kier molecular flexibility index (Phi) is 6.53. The fourth-order valence-corrected chi connectivity index (χ4v) is 4.19. The van der Waals surface area contributed by atoms with Crippen LogP contribution in [0, 0.1) is 20.8 Å². The van der Waals surface area contributed by atoms with Gasteiger partial charge in [0.25, 0.3) is 5.56 Å². The normalized spacial score (nSPS) is 11.6. The largest absolute Gasteiger partial charge is 0.485 e. The number of hydrogen-bond acceptors (Lipinski definition) is 8. The Bertz CT molecular complexity index is 1430. The second-order valence-corrected chi connectivity index (χ2v) is 9.87. The number of thiazole rings is 1. The maximum Gasteiger partial charge on any atom is 0.277 e. The molecule has 0 unspecified atom stereocenters. The van der Waals surface area contributed by atoms with Crippen LogP contribution in [0.2, 0.25) is 5.02 Å². The van der Waals surface area contributed by atoms with Gasteiger partial charge in [-0.1, -0.05) is 11.6 Å². The Morgan fingerprint density at radius 1 is 1.15 bits per heavy atom. The number of aromatic nitrogens is 5. The minimum Gasteiger partial charge on any atom is -0.485 e. The summed E-state index contributed by atoms with van der Waals surface area (Å²) in [7, 11) is 0. The van der Waals surface area contributed by atoms with Gasteiger partial charge in [-0.15, -0.1) is 11.3 Å². The van der Waals surface area contributed by atoms with Gasteiger partial charge in [-0.3, -0.25) is 14.3 Å². The quantitative estimate of drug-likeness (QED) is 0.417. The maximum atomic E-state index is 13.3. The third kappa shape index (κ3) is 4.86. The van der Waals surface area contributed by atoms with Gasteiger partial charge in [0.15, 0.2) is 5.82 Å². The number of nitrogens with zero attached hydrogens (tertiary/aromatic N) is 5. The van der Waals surface area contributed by atoms with E-state index < -0.39 is 11.2 Å². The van der Waals surface area contributed by atoms with E-state index in [1.54, 1.807) is 44.4 Å². The maximum absolute atomic E-state index is 13.3. The number of hydrogen-bond donors (Lipinski definition) is 1. The number of aryl methyl sites for hydroxylation is 3. The molecule has 0 saturated heterocycles. The van der Waals surface area contributed by atoms with E-state index in [0.29, 0.717) is 28.5 Å². The van der Waals surface area contributed by atoms with Crippen LogP contribution in [0.1, 0.15) is 41.6 Å². The van der Waals surface area contributed by atoms with Gasteiger partial charge < -0.3 is 9.84 Å². The molecular weight excluding hydrogens is 474 g/mol. The van der Waals surface area contributed by atoms with E-state index in [1.165, 1.54) is 15.9 Å². The molecule has 1 N–H and O–H groups in total. The minimum absolute atomic E-state index is 0.0123. The molecule has 0 aromatic carbocycles. The van der Waals surface area contributed by atoms with Crippen LogP contribution in [0.15, 0.2) is 40.8 Å². The van der Waals surface area contributed by atoms with Gasteiger partial charge in [0.2, 0.25) is 0 Å². The lowest BCUT2D eigenvalue weighted by Crippen LogP contribution is -2.23. The van der Waals surface area contributed by atoms with Crippen LogP contribution in [0.5, 0.6) is 5.75 Å². The molecule has 4 aromatic rings. The average Bonchev–Trinajstić information content (AvgIpc) is 3.21. The van der Waals surface area contributed by atoms with Crippen LogP contribution in [0.4, 0.5) is 0 Å². The van der Waals surface area contributed by atoms with E-state index >= 15 is 0 Å². The summed E-state index contributed by atoms with van der Waals surface area (Å²) >= 11 is 7.97. The molecule has 0 saturated carbocycles. The molecule has 0 bridgehead atoms. The van der Waals surface area contributed by atoms with Crippen molar-refractivity contribution in [3.05, 3.63) is 79.1 Å². The van der Waals surface area contributed by atoms with Crippen LogP contribution in [0.25, 0.3) is 17.1 Å². The summed E-state index contributed by atoms with van der Waals surface area (Å²) < 4.78 is 7.33. The standard InChI is InChI=1S/C24H24ClN5O3S/c1-13-10-27-18(17-6-7-26-23(29-17)24(4,5)32)9-19(13)30-14(2)8-20(21(25)22(30)31)33-11-16-12-34-15(3)28-16/h6-10,12,32H,11H2,1-5H3. The molecule has 4 rings (SSSR count). The molecule has 0 aliphatic rings. The SMILES string of the molecule is Cc1nc(COc2cc(C)n(-c3cc(-c4ccnc(C(C)(C)O)n4)ncc3C)c(=O)c2Cl)cs1. The molecule has 10 heteroatoms. The van der Waals surface area contributed by atoms with Crippen molar-refractivity contribution in [1.82, 2.24) is 24.5 Å². The molecule has 0 spiro atoms. The fourth-order valence-electron chi connectivity index (χ4n) is 3.40. The van der Waals surface area contributed by atoms with Crippen LogP contribution in [0.3, 0.4) is 0 Å². The third-order valence-electron chi connectivity index (χ3n) is 5.12. The van der Waals surface area contributed by atoms with E-state index in [9.17, 15) is 9.90 Å². The Hall–Kier alpha value is -3.14. The first kappa shape index (κ1) is 24.0. The van der Waals surface area contributed by atoms with Crippen molar-refractivity contribution >= 4 is 22.9 Å². The highest BCUT2D eigenvalue weighted by Gasteiger charge is 2.21. The fraction of sp³-hybridized carbons (Fsp3) is 0.292. The number of halogens is 1. The summed E-state index contributed by atoms with van der Waals surface area (Å²) in [5.74, 6) is 0.589. The topological polar surface area (TPSA) is 103 Å². The molecule has 176 valence electrons. The lowest BCUT2D eigenvalue weighted by atomic mass is 10.1. The molecule has 34 heavy (non-hydrogen) atoms. The second kappa shape index (κ2) is 9.25. The van der Waals surface area contributed by atoms with Crippen LogP contribution in [-0.4, -0.2) is 29.6 Å². The van der Waals surface area contributed by atoms with Gasteiger partial charge >= 0.3 is 0 Å². The van der Waals surface area contributed by atoms with Crippen LogP contribution >= 0.6 is 22.9 Å². The molecule has 8 nitrogen and oxygen atoms in total. The van der Waals surface area contributed by atoms with Crippen LogP contribution in [-0.2, 0) is 12.2 Å². The highest BCUT2D eigenvalue weighted by Crippen LogP contribution is 2.27. The van der Waals surface area contributed by atoms with Crippen molar-refractivity contribution in [2.75, 3.05) is 0 Å². The molecule has 0 radical (unpaired) electrons. The van der Waals surface area contributed by atoms with E-state index in [4.69, 9.17) is 16.3 Å². The zero-order chi connectivity index (χ0) is 24.6. The highest BCUT2D eigenvalue weighted by molar-refractivity contribution is 7.09. The summed E-state index contributed by atoms with van der Waals surface area (Å²) in [6, 6.07) is 5.21. The smallest absolute Gasteiger partial charge is 0.277 e. The highest BCUT2D eigenvalue weighted by atomic mass is 35.5. The zero-order valence-electron chi connectivity index (χ0n) is 19.5. The molecule has 0 aliphatic heterocycles. The Morgan fingerprint density at radius 3 is 2.59 bits per heavy atom. The summed E-state index contributed by atoms with van der Waals surface area (Å²) in [5, 5.41) is 13.1. The van der Waals surface area contributed by atoms with Crippen molar-refractivity contribution in [3.63, 3.8) is 0 Å². The molecular formula is C24H24ClN5O3S. The number of pyridine rings is 2. The zero-order valence-corrected chi connectivity index (χ0v) is 21.0. The summed E-state index contributed by atoms with van der Waals surface area (Å²) in [6.07, 6.45) is 3.24. The predicted molar refractivity (Wildman–Crippen MR) is 132 cm³/mol. The number of aliphatic hydroxyl groups is 1. The predicted octanol–water partition coefficient (Wildman–Crippen LogP) is 4.53. The van der Waals surface area contributed by atoms with E-state index in [0.717, 1.165) is 16.3 Å². The second-order valence-electron chi connectivity index (χ2n) is 8.43. The first-order valence-corrected chi connectivity index (χ1v) is 11.8. The monoisotopic (exact) mass is 497 g/mol. The first-order valence-electron chi connectivity index (χ1n) is 10.5. The lowest BCUT2D eigenvalue weighted by molar-refractivity contribution is 0.0688. The Morgan fingerprint density at radius 2 is 1.91 bits per heavy atom. The van der Waals surface area contributed by atoms with E-state index in [2.05, 4.69) is 19.9 Å². The van der Waals surface area contributed by atoms with Crippen molar-refractivity contribution in [2.24, 2.45) is 0 Å².